The van der Waals surface area contributed by atoms with Gasteiger partial charge in [0.1, 0.15) is 4.70 Å². The number of para-hydroxylation sites is 1. The number of carbonyl (C=O) groups is 1. The normalized spacial score (nSPS) is 11.3. The van der Waals surface area contributed by atoms with E-state index in [0.29, 0.717) is 6.61 Å². The highest BCUT2D eigenvalue weighted by Crippen LogP contribution is 2.22. The van der Waals surface area contributed by atoms with Gasteiger partial charge in [-0.1, -0.05) is 86.4 Å². The van der Waals surface area contributed by atoms with Crippen LogP contribution in [-0.2, 0) is 16.1 Å². The molecule has 0 spiro atoms. The van der Waals surface area contributed by atoms with Gasteiger partial charge in [0, 0.05) is 12.1 Å². The van der Waals surface area contributed by atoms with Crippen LogP contribution in [0.2, 0.25) is 0 Å². The van der Waals surface area contributed by atoms with Crippen LogP contribution in [0.3, 0.4) is 0 Å². The first-order valence-corrected chi connectivity index (χ1v) is 10.9. The summed E-state index contributed by atoms with van der Waals surface area (Å²) in [6.45, 7) is 2.96. The molecule has 0 aliphatic carbocycles. The molecular weight excluding hydrogens is 366 g/mol. The Bertz CT molecular complexity index is 915. The first-order chi connectivity index (χ1) is 13.8. The summed E-state index contributed by atoms with van der Waals surface area (Å²) in [4.78, 5) is 12.4. The standard InChI is InChI=1S/C24H28NO2S/c1-2-3-4-5-11-18-27-24(26)19-25-21-14-9-10-15-22(21)28-23(25)17-16-20-12-7-6-8-13-20/h6-10,12-17H,2-5,11,18-19H2,1H3/q+1/b17-16+. The molecule has 0 amide bonds. The summed E-state index contributed by atoms with van der Waals surface area (Å²) in [5.74, 6) is -0.168. The van der Waals surface area contributed by atoms with E-state index in [1.165, 1.54) is 24.0 Å². The van der Waals surface area contributed by atoms with E-state index in [0.717, 1.165) is 28.9 Å². The van der Waals surface area contributed by atoms with Crippen LogP contribution < -0.4 is 4.57 Å². The summed E-state index contributed by atoms with van der Waals surface area (Å²) < 4.78 is 8.71. The molecule has 0 saturated carbocycles. The minimum Gasteiger partial charge on any atom is -0.461 e. The molecule has 0 bridgehead atoms. The van der Waals surface area contributed by atoms with Crippen molar-refractivity contribution >= 4 is 39.7 Å². The number of esters is 1. The van der Waals surface area contributed by atoms with Crippen molar-refractivity contribution in [2.45, 2.75) is 45.6 Å². The molecule has 4 heteroatoms. The van der Waals surface area contributed by atoms with E-state index in [-0.39, 0.29) is 12.5 Å². The molecule has 0 fully saturated rings. The highest BCUT2D eigenvalue weighted by molar-refractivity contribution is 7.18. The Morgan fingerprint density at radius 3 is 2.54 bits per heavy atom. The molecule has 3 nitrogen and oxygen atoms in total. The highest BCUT2D eigenvalue weighted by Gasteiger charge is 2.22. The van der Waals surface area contributed by atoms with Crippen LogP contribution in [0.15, 0.2) is 54.6 Å². The molecule has 1 aromatic heterocycles. The van der Waals surface area contributed by atoms with E-state index in [4.69, 9.17) is 4.74 Å². The van der Waals surface area contributed by atoms with Gasteiger partial charge in [0.2, 0.25) is 12.1 Å². The van der Waals surface area contributed by atoms with Crippen LogP contribution in [0.4, 0.5) is 0 Å². The average molecular weight is 395 g/mol. The number of fused-ring (bicyclic) bond motifs is 1. The molecule has 146 valence electrons. The van der Waals surface area contributed by atoms with Crippen LogP contribution >= 0.6 is 11.3 Å². The molecular formula is C24H28NO2S+. The summed E-state index contributed by atoms with van der Waals surface area (Å²) in [5.41, 5.74) is 2.21. The molecule has 0 unspecified atom stereocenters. The molecule has 0 atom stereocenters. The Hall–Kier alpha value is -2.46. The molecule has 3 aromatic rings. The number of hydrogen-bond donors (Lipinski definition) is 0. The molecule has 28 heavy (non-hydrogen) atoms. The van der Waals surface area contributed by atoms with Gasteiger partial charge in [-0.25, -0.2) is 4.79 Å². The Kier molecular flexibility index (Phi) is 7.80. The van der Waals surface area contributed by atoms with Crippen molar-refractivity contribution < 1.29 is 14.1 Å². The molecule has 0 radical (unpaired) electrons. The number of unbranched alkanes of at least 4 members (excludes halogenated alkanes) is 4. The lowest BCUT2D eigenvalue weighted by molar-refractivity contribution is -0.657. The Labute approximate surface area is 171 Å². The van der Waals surface area contributed by atoms with E-state index in [9.17, 15) is 4.79 Å². The zero-order chi connectivity index (χ0) is 19.6. The average Bonchev–Trinajstić information content (AvgIpc) is 3.07. The van der Waals surface area contributed by atoms with Gasteiger partial charge in [-0.2, -0.15) is 4.57 Å². The summed E-state index contributed by atoms with van der Waals surface area (Å²) in [6, 6.07) is 18.4. The van der Waals surface area contributed by atoms with Gasteiger partial charge in [-0.15, -0.1) is 0 Å². The number of thiazole rings is 1. The van der Waals surface area contributed by atoms with Gasteiger partial charge in [0.05, 0.1) is 6.61 Å². The smallest absolute Gasteiger partial charge is 0.372 e. The number of nitrogens with zero attached hydrogens (tertiary/aromatic N) is 1. The molecule has 2 aromatic carbocycles. The van der Waals surface area contributed by atoms with Crippen molar-refractivity contribution in [3.8, 4) is 0 Å². The lowest BCUT2D eigenvalue weighted by atomic mass is 10.2. The van der Waals surface area contributed by atoms with Crippen LogP contribution in [0, 0.1) is 0 Å². The SMILES string of the molecule is CCCCCCCOC(=O)C[n+]1c(/C=C/c2ccccc2)sc2ccccc21. The number of hydrogen-bond acceptors (Lipinski definition) is 3. The van der Waals surface area contributed by atoms with Gasteiger partial charge < -0.3 is 4.74 Å². The zero-order valence-electron chi connectivity index (χ0n) is 16.5. The quantitative estimate of drug-likeness (QED) is 0.244. The predicted molar refractivity (Wildman–Crippen MR) is 117 cm³/mol. The molecule has 3 rings (SSSR count). The van der Waals surface area contributed by atoms with Crippen molar-refractivity contribution in [1.29, 1.82) is 0 Å². The second-order valence-electron chi connectivity index (χ2n) is 6.87. The van der Waals surface area contributed by atoms with Crippen LogP contribution in [0.25, 0.3) is 22.4 Å². The van der Waals surface area contributed by atoms with Crippen molar-refractivity contribution in [1.82, 2.24) is 0 Å². The van der Waals surface area contributed by atoms with Gasteiger partial charge in [0.15, 0.2) is 0 Å². The maximum atomic E-state index is 12.4. The molecule has 1 heterocycles. The first kappa shape index (κ1) is 20.3. The lowest BCUT2D eigenvalue weighted by Crippen LogP contribution is -2.40. The van der Waals surface area contributed by atoms with Gasteiger partial charge in [0.25, 0.3) is 5.01 Å². The fraction of sp³-hybridized carbons (Fsp3) is 0.333. The molecule has 0 aliphatic rings. The monoisotopic (exact) mass is 394 g/mol. The van der Waals surface area contributed by atoms with Gasteiger partial charge >= 0.3 is 5.97 Å². The van der Waals surface area contributed by atoms with E-state index >= 15 is 0 Å². The largest absolute Gasteiger partial charge is 0.461 e. The predicted octanol–water partition coefficient (Wildman–Crippen LogP) is 5.87. The van der Waals surface area contributed by atoms with Crippen molar-refractivity contribution in [3.05, 3.63) is 65.2 Å². The topological polar surface area (TPSA) is 30.2 Å². The third kappa shape index (κ3) is 5.77. The molecule has 0 N–H and O–H groups in total. The van der Waals surface area contributed by atoms with Crippen LogP contribution in [-0.4, -0.2) is 12.6 Å². The van der Waals surface area contributed by atoms with Crippen LogP contribution in [0.1, 0.15) is 49.6 Å². The fourth-order valence-electron chi connectivity index (χ4n) is 3.14. The Morgan fingerprint density at radius 1 is 0.964 bits per heavy atom. The number of carbonyl (C=O) groups excluding carboxylic acids is 1. The molecule has 0 saturated heterocycles. The third-order valence-electron chi connectivity index (χ3n) is 4.65. The Balaban J connectivity index is 1.69. The van der Waals surface area contributed by atoms with Crippen molar-refractivity contribution in [3.63, 3.8) is 0 Å². The Morgan fingerprint density at radius 2 is 1.71 bits per heavy atom. The maximum Gasteiger partial charge on any atom is 0.372 e. The second-order valence-corrected chi connectivity index (χ2v) is 7.94. The minimum absolute atomic E-state index is 0.168. The summed E-state index contributed by atoms with van der Waals surface area (Å²) in [5, 5.41) is 1.05. The second kappa shape index (κ2) is 10.8. The summed E-state index contributed by atoms with van der Waals surface area (Å²) in [6.07, 6.45) is 9.93. The number of ether oxygens (including phenoxy) is 1. The maximum absolute atomic E-state index is 12.4. The lowest BCUT2D eigenvalue weighted by Gasteiger charge is -2.03. The number of rotatable bonds is 10. The van der Waals surface area contributed by atoms with Crippen molar-refractivity contribution in [2.24, 2.45) is 0 Å². The fourth-order valence-corrected chi connectivity index (χ4v) is 4.20. The summed E-state index contributed by atoms with van der Waals surface area (Å²) >= 11 is 1.69. The third-order valence-corrected chi connectivity index (χ3v) is 5.78. The van der Waals surface area contributed by atoms with Gasteiger partial charge in [-0.3, -0.25) is 0 Å². The first-order valence-electron chi connectivity index (χ1n) is 10.1. The van der Waals surface area contributed by atoms with Gasteiger partial charge in [-0.05, 0) is 24.1 Å². The number of benzene rings is 2. The van der Waals surface area contributed by atoms with Crippen LogP contribution in [0.5, 0.6) is 0 Å². The number of aromatic nitrogens is 1. The van der Waals surface area contributed by atoms with E-state index in [2.05, 4.69) is 47.9 Å². The minimum atomic E-state index is -0.168. The van der Waals surface area contributed by atoms with E-state index < -0.39 is 0 Å². The van der Waals surface area contributed by atoms with E-state index in [1.54, 1.807) is 11.3 Å². The zero-order valence-corrected chi connectivity index (χ0v) is 17.3. The molecule has 0 aliphatic heterocycles. The van der Waals surface area contributed by atoms with E-state index in [1.807, 2.05) is 30.3 Å². The van der Waals surface area contributed by atoms with Crippen molar-refractivity contribution in [2.75, 3.05) is 6.61 Å². The summed E-state index contributed by atoms with van der Waals surface area (Å²) in [7, 11) is 0. The highest BCUT2D eigenvalue weighted by atomic mass is 32.1.